The van der Waals surface area contributed by atoms with Crippen molar-refractivity contribution in [2.24, 2.45) is 52.3 Å². The molecule has 4 aliphatic rings. The summed E-state index contributed by atoms with van der Waals surface area (Å²) in [5.74, 6) is 4.55. The Morgan fingerprint density at radius 3 is 2.43 bits per heavy atom. The highest BCUT2D eigenvalue weighted by molar-refractivity contribution is 5.66. The number of carboxylic acid groups (broad SMARTS) is 1. The average molecular weight is 391 g/mol. The molecule has 0 amide bonds. The van der Waals surface area contributed by atoms with Gasteiger partial charge in [0.05, 0.1) is 6.10 Å². The summed E-state index contributed by atoms with van der Waals surface area (Å²) in [7, 11) is 0. The molecule has 3 nitrogen and oxygen atoms in total. The van der Waals surface area contributed by atoms with Gasteiger partial charge in [0.1, 0.15) is 0 Å². The molecule has 0 aliphatic heterocycles. The van der Waals surface area contributed by atoms with Gasteiger partial charge in [-0.1, -0.05) is 27.7 Å². The number of carboxylic acids is 1. The van der Waals surface area contributed by atoms with E-state index >= 15 is 0 Å². The first-order chi connectivity index (χ1) is 13.2. The van der Waals surface area contributed by atoms with Gasteiger partial charge in [-0.25, -0.2) is 0 Å². The molecule has 0 spiro atoms. The summed E-state index contributed by atoms with van der Waals surface area (Å²) in [5, 5.41) is 19.4. The van der Waals surface area contributed by atoms with Gasteiger partial charge in [0.2, 0.25) is 0 Å². The third kappa shape index (κ3) is 3.15. The second-order valence-electron chi connectivity index (χ2n) is 11.8. The molecule has 28 heavy (non-hydrogen) atoms. The van der Waals surface area contributed by atoms with E-state index in [4.69, 9.17) is 5.11 Å². The molecule has 0 aromatic heterocycles. The van der Waals surface area contributed by atoms with Crippen molar-refractivity contribution in [1.82, 2.24) is 0 Å². The van der Waals surface area contributed by atoms with Gasteiger partial charge in [0.25, 0.3) is 0 Å². The number of aliphatic carboxylic acids is 1. The molecule has 1 unspecified atom stereocenters. The maximum atomic E-state index is 11.1. The third-order valence-corrected chi connectivity index (χ3v) is 10.6. The molecule has 4 aliphatic carbocycles. The maximum Gasteiger partial charge on any atom is 0.303 e. The Balaban J connectivity index is 1.55. The number of rotatable bonds is 4. The molecule has 0 radical (unpaired) electrons. The molecule has 3 heteroatoms. The predicted octanol–water partition coefficient (Wildman–Crippen LogP) is 5.75. The summed E-state index contributed by atoms with van der Waals surface area (Å²) >= 11 is 0. The van der Waals surface area contributed by atoms with Crippen LogP contribution in [0.5, 0.6) is 0 Å². The number of carbonyl (C=O) groups is 1. The molecular weight excluding hydrogens is 348 g/mol. The Kier molecular flexibility index (Phi) is 5.39. The van der Waals surface area contributed by atoms with Gasteiger partial charge >= 0.3 is 5.97 Å². The van der Waals surface area contributed by atoms with Gasteiger partial charge in [0, 0.05) is 6.42 Å². The zero-order valence-electron chi connectivity index (χ0n) is 18.5. The lowest BCUT2D eigenvalue weighted by Crippen LogP contribution is -2.56. The number of fused-ring (bicyclic) bond motifs is 5. The highest BCUT2D eigenvalue weighted by atomic mass is 16.4. The molecule has 0 aromatic carbocycles. The van der Waals surface area contributed by atoms with Crippen LogP contribution >= 0.6 is 0 Å². The second-order valence-corrected chi connectivity index (χ2v) is 11.8. The fraction of sp³-hybridized carbons (Fsp3) is 0.960. The van der Waals surface area contributed by atoms with Crippen molar-refractivity contribution in [2.75, 3.05) is 0 Å². The molecular formula is C25H42O3. The highest BCUT2D eigenvalue weighted by Gasteiger charge is 2.62. The van der Waals surface area contributed by atoms with Crippen molar-refractivity contribution in [3.8, 4) is 0 Å². The van der Waals surface area contributed by atoms with Crippen molar-refractivity contribution in [1.29, 1.82) is 0 Å². The highest BCUT2D eigenvalue weighted by Crippen LogP contribution is 2.69. The summed E-state index contributed by atoms with van der Waals surface area (Å²) in [6.07, 6.45) is 11.0. The van der Waals surface area contributed by atoms with Crippen LogP contribution in [0.2, 0.25) is 0 Å². The Labute approximate surface area is 171 Å². The Morgan fingerprint density at radius 2 is 1.71 bits per heavy atom. The normalized spacial score (nSPS) is 51.7. The zero-order chi connectivity index (χ0) is 20.3. The minimum atomic E-state index is -0.644. The van der Waals surface area contributed by atoms with Crippen molar-refractivity contribution in [3.63, 3.8) is 0 Å². The SMILES string of the molecule is C[C@H](CCC(=O)O)[C@H]1CC[C@H]2C3[C@@H](C)C[C@@H]4C[C@H](O)CC[C@]4(C)[C@H]3CC[C@]12C. The molecule has 0 aromatic rings. The Morgan fingerprint density at radius 1 is 1.04 bits per heavy atom. The number of aliphatic hydroxyl groups is 1. The van der Waals surface area contributed by atoms with Gasteiger partial charge in [-0.2, -0.15) is 0 Å². The van der Waals surface area contributed by atoms with Crippen LogP contribution in [0.3, 0.4) is 0 Å². The number of hydrogen-bond acceptors (Lipinski definition) is 2. The van der Waals surface area contributed by atoms with Crippen molar-refractivity contribution in [3.05, 3.63) is 0 Å². The first-order valence-corrected chi connectivity index (χ1v) is 12.1. The van der Waals surface area contributed by atoms with Crippen LogP contribution in [-0.4, -0.2) is 22.3 Å². The van der Waals surface area contributed by atoms with Crippen molar-refractivity contribution >= 4 is 5.97 Å². The van der Waals surface area contributed by atoms with E-state index in [1.165, 1.54) is 38.5 Å². The summed E-state index contributed by atoms with van der Waals surface area (Å²) in [6.45, 7) is 9.95. The second kappa shape index (κ2) is 7.29. The topological polar surface area (TPSA) is 57.5 Å². The summed E-state index contributed by atoms with van der Waals surface area (Å²) in [5.41, 5.74) is 0.843. The van der Waals surface area contributed by atoms with Gasteiger partial charge in [0.15, 0.2) is 0 Å². The third-order valence-electron chi connectivity index (χ3n) is 10.6. The lowest BCUT2D eigenvalue weighted by molar-refractivity contribution is -0.150. The quantitative estimate of drug-likeness (QED) is 0.642. The monoisotopic (exact) mass is 390 g/mol. The first kappa shape index (κ1) is 20.7. The van der Waals surface area contributed by atoms with E-state index in [2.05, 4.69) is 27.7 Å². The van der Waals surface area contributed by atoms with E-state index in [0.717, 1.165) is 42.9 Å². The smallest absolute Gasteiger partial charge is 0.303 e. The van der Waals surface area contributed by atoms with Gasteiger partial charge < -0.3 is 10.2 Å². The van der Waals surface area contributed by atoms with E-state index < -0.39 is 5.97 Å². The van der Waals surface area contributed by atoms with E-state index in [-0.39, 0.29) is 6.10 Å². The molecule has 0 heterocycles. The molecule has 4 fully saturated rings. The largest absolute Gasteiger partial charge is 0.481 e. The van der Waals surface area contributed by atoms with E-state index in [0.29, 0.717) is 35.0 Å². The van der Waals surface area contributed by atoms with Gasteiger partial charge in [-0.3, -0.25) is 4.79 Å². The number of hydrogen-bond donors (Lipinski definition) is 2. The standard InChI is InChI=1S/C25H42O3/c1-15(5-8-22(27)28)19-6-7-20-23-16(2)13-17-14-18(26)9-11-24(17,3)21(23)10-12-25(19,20)4/h15-21,23,26H,5-14H2,1-4H3,(H,27,28)/t15-,16+,17-,18-,19-,20+,21+,23?,24+,25-/m1/s1. The fourth-order valence-corrected chi connectivity index (χ4v) is 9.14. The lowest BCUT2D eigenvalue weighted by atomic mass is 9.42. The summed E-state index contributed by atoms with van der Waals surface area (Å²) in [6, 6.07) is 0. The molecule has 0 bridgehead atoms. The molecule has 4 rings (SSSR count). The lowest BCUT2D eigenvalue weighted by Gasteiger charge is -2.63. The summed E-state index contributed by atoms with van der Waals surface area (Å²) in [4.78, 5) is 11.1. The molecule has 0 saturated heterocycles. The summed E-state index contributed by atoms with van der Waals surface area (Å²) < 4.78 is 0. The van der Waals surface area contributed by atoms with Crippen LogP contribution in [0, 0.1) is 52.3 Å². The van der Waals surface area contributed by atoms with Crippen LogP contribution in [0.15, 0.2) is 0 Å². The minimum Gasteiger partial charge on any atom is -0.481 e. The minimum absolute atomic E-state index is 0.0679. The zero-order valence-corrected chi connectivity index (χ0v) is 18.5. The van der Waals surface area contributed by atoms with E-state index in [1.807, 2.05) is 0 Å². The van der Waals surface area contributed by atoms with E-state index in [1.54, 1.807) is 0 Å². The van der Waals surface area contributed by atoms with Gasteiger partial charge in [-0.15, -0.1) is 0 Å². The van der Waals surface area contributed by atoms with E-state index in [9.17, 15) is 9.90 Å². The van der Waals surface area contributed by atoms with Crippen LogP contribution in [0.4, 0.5) is 0 Å². The molecule has 160 valence electrons. The Hall–Kier alpha value is -0.570. The number of aliphatic hydroxyl groups excluding tert-OH is 1. The van der Waals surface area contributed by atoms with Crippen LogP contribution in [0.25, 0.3) is 0 Å². The predicted molar refractivity (Wildman–Crippen MR) is 112 cm³/mol. The average Bonchev–Trinajstić information content (AvgIpc) is 2.98. The van der Waals surface area contributed by atoms with Crippen molar-refractivity contribution < 1.29 is 15.0 Å². The molecule has 10 atom stereocenters. The fourth-order valence-electron chi connectivity index (χ4n) is 9.14. The molecule has 2 N–H and O–H groups in total. The molecule has 4 saturated carbocycles. The maximum absolute atomic E-state index is 11.1. The van der Waals surface area contributed by atoms with Gasteiger partial charge in [-0.05, 0) is 110 Å². The van der Waals surface area contributed by atoms with Crippen molar-refractivity contribution in [2.45, 2.75) is 98.0 Å². The first-order valence-electron chi connectivity index (χ1n) is 12.1. The van der Waals surface area contributed by atoms with Crippen LogP contribution in [0.1, 0.15) is 91.9 Å². The Bertz CT molecular complexity index is 603. The van der Waals surface area contributed by atoms with Crippen LogP contribution in [-0.2, 0) is 4.79 Å². The van der Waals surface area contributed by atoms with Crippen LogP contribution < -0.4 is 0 Å².